The maximum absolute atomic E-state index is 11.6. The van der Waals surface area contributed by atoms with Crippen molar-refractivity contribution in [2.75, 3.05) is 5.32 Å². The van der Waals surface area contributed by atoms with Gasteiger partial charge in [0.05, 0.1) is 11.9 Å². The number of aromatic amines is 1. The number of aromatic nitrogens is 2. The average molecular weight is 229 g/mol. The highest BCUT2D eigenvalue weighted by Crippen LogP contribution is 2.18. The third-order valence-corrected chi connectivity index (χ3v) is 2.21. The molecule has 0 aliphatic carbocycles. The van der Waals surface area contributed by atoms with Crippen molar-refractivity contribution in [2.24, 2.45) is 0 Å². The quantitative estimate of drug-likeness (QED) is 0.817. The molecular formula is C12H11N3O2. The number of nitrogens with one attached hydrogen (secondary N) is 2. The van der Waals surface area contributed by atoms with Gasteiger partial charge >= 0.3 is 0 Å². The summed E-state index contributed by atoms with van der Waals surface area (Å²) in [5.41, 5.74) is 1.63. The predicted octanol–water partition coefficient (Wildman–Crippen LogP) is 1.40. The number of amides is 1. The third kappa shape index (κ3) is 2.57. The lowest BCUT2D eigenvalue weighted by molar-refractivity contribution is -0.114. The Balaban J connectivity index is 2.43. The van der Waals surface area contributed by atoms with Gasteiger partial charge in [0.15, 0.2) is 0 Å². The molecule has 0 fully saturated rings. The standard InChI is InChI=1S/C12H11N3O2/c1-8(16)15-10-4-2-3-9(5-10)11-6-13-7-14-12(11)17/h2-7H,1H3,(H,15,16)(H,13,14,17). The summed E-state index contributed by atoms with van der Waals surface area (Å²) in [7, 11) is 0. The highest BCUT2D eigenvalue weighted by Gasteiger charge is 2.04. The molecule has 0 unspecified atom stereocenters. The van der Waals surface area contributed by atoms with Crippen LogP contribution in [0.15, 0.2) is 41.6 Å². The molecule has 0 aliphatic heterocycles. The number of carbonyl (C=O) groups is 1. The van der Waals surface area contributed by atoms with Crippen LogP contribution in [0.25, 0.3) is 11.1 Å². The molecule has 0 saturated carbocycles. The topological polar surface area (TPSA) is 74.8 Å². The van der Waals surface area contributed by atoms with Crippen molar-refractivity contribution in [1.82, 2.24) is 9.97 Å². The average Bonchev–Trinajstić information content (AvgIpc) is 2.29. The maximum Gasteiger partial charge on any atom is 0.258 e. The van der Waals surface area contributed by atoms with Crippen molar-refractivity contribution in [3.8, 4) is 11.1 Å². The van der Waals surface area contributed by atoms with E-state index in [1.807, 2.05) is 0 Å². The summed E-state index contributed by atoms with van der Waals surface area (Å²) in [6.45, 7) is 1.43. The Morgan fingerprint density at radius 3 is 2.94 bits per heavy atom. The van der Waals surface area contributed by atoms with E-state index in [0.29, 0.717) is 16.8 Å². The van der Waals surface area contributed by atoms with Gasteiger partial charge in [0.1, 0.15) is 0 Å². The Labute approximate surface area is 97.5 Å². The van der Waals surface area contributed by atoms with Crippen molar-refractivity contribution in [2.45, 2.75) is 6.92 Å². The fourth-order valence-electron chi connectivity index (χ4n) is 1.52. The van der Waals surface area contributed by atoms with Crippen LogP contribution < -0.4 is 10.9 Å². The molecule has 5 heteroatoms. The molecule has 2 rings (SSSR count). The SMILES string of the molecule is CC(=O)Nc1cccc(-c2cnc[nH]c2=O)c1. The molecule has 0 bridgehead atoms. The van der Waals surface area contributed by atoms with E-state index in [9.17, 15) is 9.59 Å². The summed E-state index contributed by atoms with van der Waals surface area (Å²) in [5.74, 6) is -0.151. The van der Waals surface area contributed by atoms with Crippen LogP contribution in [-0.2, 0) is 4.79 Å². The van der Waals surface area contributed by atoms with Gasteiger partial charge in [0, 0.05) is 18.8 Å². The van der Waals surface area contributed by atoms with Crippen LogP contribution >= 0.6 is 0 Å². The molecule has 2 aromatic rings. The molecule has 17 heavy (non-hydrogen) atoms. The zero-order chi connectivity index (χ0) is 12.3. The Morgan fingerprint density at radius 2 is 2.24 bits per heavy atom. The fraction of sp³-hybridized carbons (Fsp3) is 0.0833. The summed E-state index contributed by atoms with van der Waals surface area (Å²) < 4.78 is 0. The zero-order valence-corrected chi connectivity index (χ0v) is 9.23. The predicted molar refractivity (Wildman–Crippen MR) is 64.6 cm³/mol. The van der Waals surface area contributed by atoms with Gasteiger partial charge in [-0.25, -0.2) is 4.98 Å². The van der Waals surface area contributed by atoms with E-state index >= 15 is 0 Å². The van der Waals surface area contributed by atoms with Crippen LogP contribution in [0.1, 0.15) is 6.92 Å². The highest BCUT2D eigenvalue weighted by molar-refractivity contribution is 5.89. The maximum atomic E-state index is 11.6. The molecule has 1 amide bonds. The Kier molecular flexibility index (Phi) is 3.00. The number of hydrogen-bond donors (Lipinski definition) is 2. The number of hydrogen-bond acceptors (Lipinski definition) is 3. The minimum absolute atomic E-state index is 0.151. The zero-order valence-electron chi connectivity index (χ0n) is 9.23. The molecule has 0 atom stereocenters. The first-order valence-electron chi connectivity index (χ1n) is 5.07. The van der Waals surface area contributed by atoms with Crippen molar-refractivity contribution in [3.05, 3.63) is 47.1 Å². The summed E-state index contributed by atoms with van der Waals surface area (Å²) in [5, 5.41) is 2.66. The minimum Gasteiger partial charge on any atom is -0.326 e. The Hall–Kier alpha value is -2.43. The van der Waals surface area contributed by atoms with Gasteiger partial charge in [-0.15, -0.1) is 0 Å². The molecule has 5 nitrogen and oxygen atoms in total. The normalized spacial score (nSPS) is 9.94. The van der Waals surface area contributed by atoms with E-state index in [1.54, 1.807) is 24.3 Å². The van der Waals surface area contributed by atoms with E-state index in [2.05, 4.69) is 15.3 Å². The molecule has 1 aromatic heterocycles. The van der Waals surface area contributed by atoms with Crippen molar-refractivity contribution in [1.29, 1.82) is 0 Å². The number of nitrogens with zero attached hydrogens (tertiary/aromatic N) is 1. The number of rotatable bonds is 2. The van der Waals surface area contributed by atoms with Gasteiger partial charge in [-0.2, -0.15) is 0 Å². The fourth-order valence-corrected chi connectivity index (χ4v) is 1.52. The van der Waals surface area contributed by atoms with E-state index < -0.39 is 0 Å². The smallest absolute Gasteiger partial charge is 0.258 e. The first kappa shape index (κ1) is 11.1. The summed E-state index contributed by atoms with van der Waals surface area (Å²) in [6.07, 6.45) is 2.83. The van der Waals surface area contributed by atoms with Crippen LogP contribution in [0, 0.1) is 0 Å². The van der Waals surface area contributed by atoms with Crippen molar-refractivity contribution < 1.29 is 4.79 Å². The van der Waals surface area contributed by atoms with Gasteiger partial charge in [0.2, 0.25) is 5.91 Å². The van der Waals surface area contributed by atoms with Gasteiger partial charge in [-0.3, -0.25) is 9.59 Å². The molecule has 86 valence electrons. The number of carbonyl (C=O) groups excluding carboxylic acids is 1. The van der Waals surface area contributed by atoms with Crippen LogP contribution in [0.3, 0.4) is 0 Å². The van der Waals surface area contributed by atoms with Crippen LogP contribution in [0.5, 0.6) is 0 Å². The molecular weight excluding hydrogens is 218 g/mol. The largest absolute Gasteiger partial charge is 0.326 e. The van der Waals surface area contributed by atoms with Gasteiger partial charge < -0.3 is 10.3 Å². The van der Waals surface area contributed by atoms with E-state index in [4.69, 9.17) is 0 Å². The molecule has 1 heterocycles. The second kappa shape index (κ2) is 4.61. The monoisotopic (exact) mass is 229 g/mol. The van der Waals surface area contributed by atoms with Crippen LogP contribution in [-0.4, -0.2) is 15.9 Å². The minimum atomic E-state index is -0.208. The number of anilines is 1. The second-order valence-corrected chi connectivity index (χ2v) is 3.56. The molecule has 0 saturated heterocycles. The Bertz CT molecular complexity index is 604. The highest BCUT2D eigenvalue weighted by atomic mass is 16.1. The van der Waals surface area contributed by atoms with E-state index in [-0.39, 0.29) is 11.5 Å². The second-order valence-electron chi connectivity index (χ2n) is 3.56. The third-order valence-electron chi connectivity index (χ3n) is 2.21. The number of H-pyrrole nitrogens is 1. The summed E-state index contributed by atoms with van der Waals surface area (Å²) in [6, 6.07) is 7.05. The molecule has 1 aromatic carbocycles. The Morgan fingerprint density at radius 1 is 1.41 bits per heavy atom. The first-order valence-corrected chi connectivity index (χ1v) is 5.07. The molecule has 2 N–H and O–H groups in total. The van der Waals surface area contributed by atoms with Gasteiger partial charge in [-0.05, 0) is 17.7 Å². The molecule has 0 radical (unpaired) electrons. The van der Waals surface area contributed by atoms with Crippen molar-refractivity contribution >= 4 is 11.6 Å². The molecule has 0 aliphatic rings. The van der Waals surface area contributed by atoms with E-state index in [0.717, 1.165) is 0 Å². The lowest BCUT2D eigenvalue weighted by Gasteiger charge is -2.04. The first-order chi connectivity index (χ1) is 8.16. The lowest BCUT2D eigenvalue weighted by atomic mass is 10.1. The van der Waals surface area contributed by atoms with Gasteiger partial charge in [0.25, 0.3) is 5.56 Å². The van der Waals surface area contributed by atoms with Crippen LogP contribution in [0.4, 0.5) is 5.69 Å². The van der Waals surface area contributed by atoms with Crippen LogP contribution in [0.2, 0.25) is 0 Å². The summed E-state index contributed by atoms with van der Waals surface area (Å²) in [4.78, 5) is 28.9. The molecule has 0 spiro atoms. The van der Waals surface area contributed by atoms with Gasteiger partial charge in [-0.1, -0.05) is 12.1 Å². The number of benzene rings is 1. The van der Waals surface area contributed by atoms with Crippen molar-refractivity contribution in [3.63, 3.8) is 0 Å². The van der Waals surface area contributed by atoms with E-state index in [1.165, 1.54) is 19.4 Å². The lowest BCUT2D eigenvalue weighted by Crippen LogP contribution is -2.09. The summed E-state index contributed by atoms with van der Waals surface area (Å²) >= 11 is 0.